The second kappa shape index (κ2) is 5.63. The molecule has 106 valence electrons. The first-order chi connectivity index (χ1) is 9.47. The number of hydrogen-bond donors (Lipinski definition) is 1. The maximum absolute atomic E-state index is 14.0. The van der Waals surface area contributed by atoms with Gasteiger partial charge in [-0.25, -0.2) is 17.6 Å². The normalized spacial score (nSPS) is 12.5. The topological polar surface area (TPSA) is 12.0 Å². The molecule has 0 aliphatic carbocycles. The second-order valence-electron chi connectivity index (χ2n) is 4.46. The summed E-state index contributed by atoms with van der Waals surface area (Å²) >= 11 is 0. The van der Waals surface area contributed by atoms with Gasteiger partial charge in [-0.3, -0.25) is 0 Å². The van der Waals surface area contributed by atoms with Gasteiger partial charge in [0.1, 0.15) is 0 Å². The molecule has 2 rings (SSSR count). The number of halogens is 4. The lowest BCUT2D eigenvalue weighted by atomic mass is 9.96. The fourth-order valence-corrected chi connectivity index (χ4v) is 2.11. The maximum atomic E-state index is 14.0. The Morgan fingerprint density at radius 1 is 0.850 bits per heavy atom. The average Bonchev–Trinajstić information content (AvgIpc) is 2.44. The number of rotatable bonds is 3. The van der Waals surface area contributed by atoms with Gasteiger partial charge in [0.15, 0.2) is 23.3 Å². The van der Waals surface area contributed by atoms with E-state index in [4.69, 9.17) is 0 Å². The molecule has 1 atom stereocenters. The molecule has 2 aromatic rings. The van der Waals surface area contributed by atoms with E-state index in [1.807, 2.05) is 0 Å². The zero-order valence-electron chi connectivity index (χ0n) is 11.0. The van der Waals surface area contributed by atoms with E-state index in [2.05, 4.69) is 5.32 Å². The van der Waals surface area contributed by atoms with Crippen LogP contribution in [0.5, 0.6) is 0 Å². The quantitative estimate of drug-likeness (QED) is 0.843. The summed E-state index contributed by atoms with van der Waals surface area (Å²) in [6.07, 6.45) is 0. The lowest BCUT2D eigenvalue weighted by molar-refractivity contribution is 0.466. The number of benzene rings is 2. The highest BCUT2D eigenvalue weighted by molar-refractivity contribution is 5.36. The van der Waals surface area contributed by atoms with Crippen LogP contribution >= 0.6 is 0 Å². The molecule has 0 fully saturated rings. The summed E-state index contributed by atoms with van der Waals surface area (Å²) in [4.78, 5) is 0. The largest absolute Gasteiger partial charge is 0.309 e. The third kappa shape index (κ3) is 2.41. The Hall–Kier alpha value is -1.88. The van der Waals surface area contributed by atoms with E-state index in [1.165, 1.54) is 38.2 Å². The van der Waals surface area contributed by atoms with Crippen molar-refractivity contribution in [2.45, 2.75) is 13.0 Å². The molecule has 0 aromatic heterocycles. The summed E-state index contributed by atoms with van der Waals surface area (Å²) < 4.78 is 54.7. The van der Waals surface area contributed by atoms with E-state index in [1.54, 1.807) is 0 Å². The Morgan fingerprint density at radius 3 is 2.15 bits per heavy atom. The minimum atomic E-state index is -1.08. The fraction of sp³-hybridized carbons (Fsp3) is 0.200. The first-order valence-corrected chi connectivity index (χ1v) is 6.03. The highest BCUT2D eigenvalue weighted by atomic mass is 19.2. The van der Waals surface area contributed by atoms with Gasteiger partial charge < -0.3 is 5.32 Å². The summed E-state index contributed by atoms with van der Waals surface area (Å²) in [6.45, 7) is 1.43. The van der Waals surface area contributed by atoms with Crippen molar-refractivity contribution in [2.75, 3.05) is 7.05 Å². The van der Waals surface area contributed by atoms with Crippen molar-refractivity contribution < 1.29 is 17.6 Å². The smallest absolute Gasteiger partial charge is 0.164 e. The third-order valence-electron chi connectivity index (χ3n) is 3.20. The van der Waals surface area contributed by atoms with Gasteiger partial charge in [-0.05, 0) is 25.6 Å². The van der Waals surface area contributed by atoms with E-state index < -0.39 is 29.3 Å². The lowest BCUT2D eigenvalue weighted by Crippen LogP contribution is -2.21. The molecule has 1 unspecified atom stereocenters. The Bertz CT molecular complexity index is 640. The van der Waals surface area contributed by atoms with Crippen molar-refractivity contribution in [3.8, 4) is 0 Å². The zero-order chi connectivity index (χ0) is 14.9. The standard InChI is InChI=1S/C15H13F4N/c1-8-6-7-10(14(19)12(8)17)15(20-2)9-4-3-5-11(16)13(9)18/h3-7,15,20H,1-2H3. The Balaban J connectivity index is 2.59. The van der Waals surface area contributed by atoms with Gasteiger partial charge in [-0.2, -0.15) is 0 Å². The number of nitrogens with one attached hydrogen (secondary N) is 1. The van der Waals surface area contributed by atoms with Crippen molar-refractivity contribution in [1.82, 2.24) is 5.32 Å². The molecule has 0 heterocycles. The van der Waals surface area contributed by atoms with Crippen LogP contribution in [-0.2, 0) is 0 Å². The molecule has 1 N–H and O–H groups in total. The van der Waals surface area contributed by atoms with Crippen molar-refractivity contribution >= 4 is 0 Å². The maximum Gasteiger partial charge on any atom is 0.164 e. The molecule has 2 aromatic carbocycles. The Labute approximate surface area is 114 Å². The average molecular weight is 283 g/mol. The molecule has 0 amide bonds. The van der Waals surface area contributed by atoms with Gasteiger partial charge in [0.05, 0.1) is 6.04 Å². The molecule has 0 radical (unpaired) electrons. The predicted octanol–water partition coefficient (Wildman–Crippen LogP) is 3.86. The first-order valence-electron chi connectivity index (χ1n) is 6.03. The summed E-state index contributed by atoms with van der Waals surface area (Å²) in [5.74, 6) is -4.16. The van der Waals surface area contributed by atoms with Crippen LogP contribution in [0.2, 0.25) is 0 Å². The van der Waals surface area contributed by atoms with Crippen LogP contribution in [0.1, 0.15) is 22.7 Å². The highest BCUT2D eigenvalue weighted by Gasteiger charge is 2.23. The molecule has 0 spiro atoms. The van der Waals surface area contributed by atoms with Crippen molar-refractivity contribution in [3.63, 3.8) is 0 Å². The molecule has 5 heteroatoms. The molecule has 0 bridgehead atoms. The Morgan fingerprint density at radius 2 is 1.50 bits per heavy atom. The monoisotopic (exact) mass is 283 g/mol. The van der Waals surface area contributed by atoms with Gasteiger partial charge in [0, 0.05) is 11.1 Å². The van der Waals surface area contributed by atoms with Crippen molar-refractivity contribution in [3.05, 3.63) is 70.3 Å². The van der Waals surface area contributed by atoms with Gasteiger partial charge in [0.25, 0.3) is 0 Å². The number of aryl methyl sites for hydroxylation is 1. The summed E-state index contributed by atoms with van der Waals surface area (Å²) in [7, 11) is 1.46. The zero-order valence-corrected chi connectivity index (χ0v) is 11.0. The third-order valence-corrected chi connectivity index (χ3v) is 3.20. The van der Waals surface area contributed by atoms with Crippen LogP contribution in [0.15, 0.2) is 30.3 Å². The van der Waals surface area contributed by atoms with Crippen LogP contribution in [0.25, 0.3) is 0 Å². The molecule has 0 saturated carbocycles. The first kappa shape index (κ1) is 14.5. The van der Waals surface area contributed by atoms with E-state index >= 15 is 0 Å². The van der Waals surface area contributed by atoms with Gasteiger partial charge in [-0.1, -0.05) is 24.3 Å². The van der Waals surface area contributed by atoms with E-state index in [9.17, 15) is 17.6 Å². The SMILES string of the molecule is CNC(c1cccc(F)c1F)c1ccc(C)c(F)c1F. The van der Waals surface area contributed by atoms with Gasteiger partial charge in [-0.15, -0.1) is 0 Å². The lowest BCUT2D eigenvalue weighted by Gasteiger charge is -2.19. The van der Waals surface area contributed by atoms with Crippen LogP contribution in [-0.4, -0.2) is 7.05 Å². The summed E-state index contributed by atoms with van der Waals surface area (Å²) in [5, 5.41) is 2.68. The molecule has 1 nitrogen and oxygen atoms in total. The minimum absolute atomic E-state index is 0.0694. The molecule has 0 saturated heterocycles. The van der Waals surface area contributed by atoms with Crippen molar-refractivity contribution in [2.24, 2.45) is 0 Å². The highest BCUT2D eigenvalue weighted by Crippen LogP contribution is 2.29. The van der Waals surface area contributed by atoms with Crippen molar-refractivity contribution in [1.29, 1.82) is 0 Å². The van der Waals surface area contributed by atoms with Gasteiger partial charge in [0.2, 0.25) is 0 Å². The van der Waals surface area contributed by atoms with Gasteiger partial charge >= 0.3 is 0 Å². The molecule has 20 heavy (non-hydrogen) atoms. The second-order valence-corrected chi connectivity index (χ2v) is 4.46. The predicted molar refractivity (Wildman–Crippen MR) is 68.4 cm³/mol. The molecule has 0 aliphatic rings. The van der Waals surface area contributed by atoms with E-state index in [-0.39, 0.29) is 16.7 Å². The molecule has 0 aliphatic heterocycles. The summed E-state index contributed by atoms with van der Waals surface area (Å²) in [6, 6.07) is 5.41. The van der Waals surface area contributed by atoms with E-state index in [0.29, 0.717) is 0 Å². The summed E-state index contributed by atoms with van der Waals surface area (Å²) in [5.41, 5.74) is 0.00979. The molecular weight excluding hydrogens is 270 g/mol. The fourth-order valence-electron chi connectivity index (χ4n) is 2.11. The minimum Gasteiger partial charge on any atom is -0.309 e. The van der Waals surface area contributed by atoms with Crippen LogP contribution in [0.4, 0.5) is 17.6 Å². The number of hydrogen-bond acceptors (Lipinski definition) is 1. The Kier molecular flexibility index (Phi) is 4.09. The van der Waals surface area contributed by atoms with E-state index in [0.717, 1.165) is 6.07 Å². The van der Waals surface area contributed by atoms with Crippen LogP contribution in [0.3, 0.4) is 0 Å². The van der Waals surface area contributed by atoms with Crippen LogP contribution in [0, 0.1) is 30.2 Å². The molecular formula is C15H13F4N. The van der Waals surface area contributed by atoms with Crippen LogP contribution < -0.4 is 5.32 Å².